The molecule has 2 aromatic rings. The quantitative estimate of drug-likeness (QED) is 0.847. The van der Waals surface area contributed by atoms with Crippen LogP contribution in [0.25, 0.3) is 0 Å². The summed E-state index contributed by atoms with van der Waals surface area (Å²) in [5.41, 5.74) is 0. The first-order valence-electron chi connectivity index (χ1n) is 8.60. The highest BCUT2D eigenvalue weighted by Gasteiger charge is 2.26. The topological polar surface area (TPSA) is 50.7 Å². The molecule has 2 saturated heterocycles. The molecule has 25 heavy (non-hydrogen) atoms. The molecule has 0 spiro atoms. The van der Waals surface area contributed by atoms with Crippen molar-refractivity contribution in [2.24, 2.45) is 0 Å². The van der Waals surface area contributed by atoms with Crippen LogP contribution in [0.15, 0.2) is 36.7 Å². The van der Waals surface area contributed by atoms with Crippen molar-refractivity contribution in [1.82, 2.24) is 9.97 Å². The fourth-order valence-corrected chi connectivity index (χ4v) is 3.24. The lowest BCUT2D eigenvalue weighted by Crippen LogP contribution is -2.37. The minimum absolute atomic E-state index is 0.0311. The molecule has 0 aliphatic carbocycles. The summed E-state index contributed by atoms with van der Waals surface area (Å²) >= 11 is 0. The molecule has 0 N–H and O–H groups in total. The van der Waals surface area contributed by atoms with Gasteiger partial charge in [0, 0.05) is 38.2 Å². The molecule has 0 radical (unpaired) electrons. The molecule has 1 aromatic carbocycles. The van der Waals surface area contributed by atoms with Crippen molar-refractivity contribution in [1.29, 1.82) is 0 Å². The fraction of sp³-hybridized carbons (Fsp3) is 0.444. The Morgan fingerprint density at radius 2 is 1.84 bits per heavy atom. The first-order chi connectivity index (χ1) is 12.3. The predicted molar refractivity (Wildman–Crippen MR) is 92.7 cm³/mol. The van der Waals surface area contributed by atoms with Crippen molar-refractivity contribution in [3.8, 4) is 5.75 Å². The van der Waals surface area contributed by atoms with Crippen LogP contribution >= 0.6 is 0 Å². The van der Waals surface area contributed by atoms with Crippen LogP contribution < -0.4 is 14.5 Å². The van der Waals surface area contributed by atoms with E-state index in [-0.39, 0.29) is 11.9 Å². The van der Waals surface area contributed by atoms with E-state index < -0.39 is 0 Å². The minimum Gasteiger partial charge on any atom is -0.488 e. The van der Waals surface area contributed by atoms with Crippen LogP contribution in [0.3, 0.4) is 0 Å². The smallest absolute Gasteiger partial charge is 0.134 e. The Bertz CT molecular complexity index is 724. The Kier molecular flexibility index (Phi) is 4.65. The van der Waals surface area contributed by atoms with E-state index >= 15 is 0 Å². The van der Waals surface area contributed by atoms with Gasteiger partial charge in [0.2, 0.25) is 0 Å². The van der Waals surface area contributed by atoms with Crippen molar-refractivity contribution >= 4 is 11.6 Å². The summed E-state index contributed by atoms with van der Waals surface area (Å²) in [7, 11) is 0. The van der Waals surface area contributed by atoms with Crippen molar-refractivity contribution in [3.63, 3.8) is 0 Å². The van der Waals surface area contributed by atoms with E-state index in [1.807, 2.05) is 6.07 Å². The Morgan fingerprint density at radius 3 is 2.64 bits per heavy atom. The van der Waals surface area contributed by atoms with Gasteiger partial charge < -0.3 is 19.3 Å². The van der Waals surface area contributed by atoms with Gasteiger partial charge in [-0.3, -0.25) is 0 Å². The molecule has 7 heteroatoms. The molecule has 2 fully saturated rings. The monoisotopic (exact) mass is 344 g/mol. The van der Waals surface area contributed by atoms with Gasteiger partial charge in [-0.1, -0.05) is 6.07 Å². The highest BCUT2D eigenvalue weighted by molar-refractivity contribution is 5.51. The van der Waals surface area contributed by atoms with Crippen LogP contribution in [0.5, 0.6) is 5.75 Å². The zero-order valence-corrected chi connectivity index (χ0v) is 14.0. The minimum atomic E-state index is -0.279. The number of morpholine rings is 1. The maximum atomic E-state index is 13.3. The van der Waals surface area contributed by atoms with Crippen LogP contribution in [0.2, 0.25) is 0 Å². The zero-order valence-electron chi connectivity index (χ0n) is 14.0. The second-order valence-electron chi connectivity index (χ2n) is 6.27. The lowest BCUT2D eigenvalue weighted by Gasteiger charge is -2.28. The first-order valence-corrected chi connectivity index (χ1v) is 8.60. The van der Waals surface area contributed by atoms with Gasteiger partial charge in [-0.05, 0) is 12.1 Å². The van der Waals surface area contributed by atoms with Gasteiger partial charge in [-0.25, -0.2) is 14.4 Å². The molecule has 0 amide bonds. The summed E-state index contributed by atoms with van der Waals surface area (Å²) in [5, 5.41) is 0. The van der Waals surface area contributed by atoms with Crippen LogP contribution in [0.4, 0.5) is 16.0 Å². The lowest BCUT2D eigenvalue weighted by molar-refractivity contribution is 0.122. The summed E-state index contributed by atoms with van der Waals surface area (Å²) in [6, 6.07) is 8.31. The highest BCUT2D eigenvalue weighted by atomic mass is 19.1. The van der Waals surface area contributed by atoms with E-state index in [4.69, 9.17) is 9.47 Å². The van der Waals surface area contributed by atoms with Crippen molar-refractivity contribution < 1.29 is 13.9 Å². The van der Waals surface area contributed by atoms with E-state index in [0.29, 0.717) is 5.75 Å². The van der Waals surface area contributed by atoms with E-state index in [1.54, 1.807) is 18.5 Å². The Balaban J connectivity index is 1.41. The van der Waals surface area contributed by atoms with Crippen molar-refractivity contribution in [2.45, 2.75) is 12.5 Å². The summed E-state index contributed by atoms with van der Waals surface area (Å²) in [5.74, 6) is 2.13. The second-order valence-corrected chi connectivity index (χ2v) is 6.27. The second kappa shape index (κ2) is 7.23. The maximum Gasteiger partial charge on any atom is 0.134 e. The number of anilines is 2. The molecule has 0 unspecified atom stereocenters. The lowest BCUT2D eigenvalue weighted by atomic mass is 10.3. The number of aromatic nitrogens is 2. The molecule has 2 aliphatic rings. The molecule has 132 valence electrons. The number of benzene rings is 1. The molecule has 2 aliphatic heterocycles. The SMILES string of the molecule is Fc1cccc(O[C@H]2CCN(c3cc(N4CCOCC4)ncn3)C2)c1. The summed E-state index contributed by atoms with van der Waals surface area (Å²) in [6.07, 6.45) is 2.53. The summed E-state index contributed by atoms with van der Waals surface area (Å²) in [4.78, 5) is 13.2. The molecule has 1 aromatic heterocycles. The third kappa shape index (κ3) is 3.82. The number of halogens is 1. The van der Waals surface area contributed by atoms with Crippen molar-refractivity contribution in [2.75, 3.05) is 49.2 Å². The standard InChI is InChI=1S/C18H21FN4O2/c19-14-2-1-3-15(10-14)25-16-4-5-23(12-16)18-11-17(20-13-21-18)22-6-8-24-9-7-22/h1-3,10-11,13,16H,4-9,12H2/t16-/m0/s1. The molecule has 4 rings (SSSR count). The molecule has 0 saturated carbocycles. The highest BCUT2D eigenvalue weighted by Crippen LogP contribution is 2.25. The number of hydrogen-bond donors (Lipinski definition) is 0. The molecule has 0 bridgehead atoms. The molecule has 6 nitrogen and oxygen atoms in total. The molecular weight excluding hydrogens is 323 g/mol. The van der Waals surface area contributed by atoms with Gasteiger partial charge in [0.25, 0.3) is 0 Å². The first kappa shape index (κ1) is 16.1. The zero-order chi connectivity index (χ0) is 17.1. The van der Waals surface area contributed by atoms with E-state index in [2.05, 4.69) is 19.8 Å². The third-order valence-electron chi connectivity index (χ3n) is 4.54. The van der Waals surface area contributed by atoms with Crippen molar-refractivity contribution in [3.05, 3.63) is 42.5 Å². The number of hydrogen-bond acceptors (Lipinski definition) is 6. The number of rotatable bonds is 4. The summed E-state index contributed by atoms with van der Waals surface area (Å²) < 4.78 is 24.6. The van der Waals surface area contributed by atoms with Crippen LogP contribution in [0.1, 0.15) is 6.42 Å². The summed E-state index contributed by atoms with van der Waals surface area (Å²) in [6.45, 7) is 4.75. The Hall–Kier alpha value is -2.41. The fourth-order valence-electron chi connectivity index (χ4n) is 3.24. The predicted octanol–water partition coefficient (Wildman–Crippen LogP) is 2.11. The largest absolute Gasteiger partial charge is 0.488 e. The molecule has 3 heterocycles. The Labute approximate surface area is 146 Å². The average molecular weight is 344 g/mol. The maximum absolute atomic E-state index is 13.3. The van der Waals surface area contributed by atoms with Crippen LogP contribution in [-0.2, 0) is 4.74 Å². The number of nitrogens with zero attached hydrogens (tertiary/aromatic N) is 4. The van der Waals surface area contributed by atoms with Gasteiger partial charge in [-0.2, -0.15) is 0 Å². The normalized spacial score (nSPS) is 20.8. The van der Waals surface area contributed by atoms with E-state index in [0.717, 1.165) is 57.4 Å². The molecular formula is C18H21FN4O2. The average Bonchev–Trinajstić information content (AvgIpc) is 3.11. The van der Waals surface area contributed by atoms with Gasteiger partial charge in [0.15, 0.2) is 0 Å². The van der Waals surface area contributed by atoms with Crippen LogP contribution in [0, 0.1) is 5.82 Å². The van der Waals surface area contributed by atoms with Gasteiger partial charge in [0.1, 0.15) is 35.6 Å². The van der Waals surface area contributed by atoms with Crippen LogP contribution in [-0.4, -0.2) is 55.5 Å². The Morgan fingerprint density at radius 1 is 1.04 bits per heavy atom. The molecule has 1 atom stereocenters. The van der Waals surface area contributed by atoms with Gasteiger partial charge in [0.05, 0.1) is 19.8 Å². The number of ether oxygens (including phenoxy) is 2. The van der Waals surface area contributed by atoms with E-state index in [9.17, 15) is 4.39 Å². The third-order valence-corrected chi connectivity index (χ3v) is 4.54. The van der Waals surface area contributed by atoms with E-state index in [1.165, 1.54) is 12.1 Å². The van der Waals surface area contributed by atoms with Gasteiger partial charge >= 0.3 is 0 Å². The van der Waals surface area contributed by atoms with Gasteiger partial charge in [-0.15, -0.1) is 0 Å².